The van der Waals surface area contributed by atoms with E-state index < -0.39 is 11.9 Å². The van der Waals surface area contributed by atoms with Crippen LogP contribution in [0.5, 0.6) is 0 Å². The van der Waals surface area contributed by atoms with E-state index in [9.17, 15) is 14.3 Å². The van der Waals surface area contributed by atoms with E-state index in [1.165, 1.54) is 12.1 Å². The number of hydrogen-bond acceptors (Lipinski definition) is 2. The van der Waals surface area contributed by atoms with Gasteiger partial charge < -0.3 is 15.1 Å². The van der Waals surface area contributed by atoms with Crippen LogP contribution in [0.3, 0.4) is 0 Å². The first-order chi connectivity index (χ1) is 9.54. The Morgan fingerprint density at radius 3 is 2.45 bits per heavy atom. The highest BCUT2D eigenvalue weighted by atomic mass is 35.5. The van der Waals surface area contributed by atoms with Crippen molar-refractivity contribution in [1.82, 2.24) is 9.97 Å². The van der Waals surface area contributed by atoms with Crippen molar-refractivity contribution in [1.29, 1.82) is 0 Å². The van der Waals surface area contributed by atoms with E-state index in [0.29, 0.717) is 22.2 Å². The second-order valence-corrected chi connectivity index (χ2v) is 4.87. The third-order valence-corrected chi connectivity index (χ3v) is 3.42. The van der Waals surface area contributed by atoms with Crippen molar-refractivity contribution in [3.63, 3.8) is 0 Å². The molecule has 0 saturated carbocycles. The van der Waals surface area contributed by atoms with Crippen LogP contribution in [-0.4, -0.2) is 15.1 Å². The van der Waals surface area contributed by atoms with Crippen molar-refractivity contribution in [2.75, 3.05) is 0 Å². The average Bonchev–Trinajstić information content (AvgIpc) is 2.80. The van der Waals surface area contributed by atoms with Crippen LogP contribution in [0, 0.1) is 5.82 Å². The first-order valence-corrected chi connectivity index (χ1v) is 6.27. The number of aromatic amines is 2. The number of benzene rings is 2. The molecule has 0 aliphatic rings. The highest BCUT2D eigenvalue weighted by Crippen LogP contribution is 2.26. The van der Waals surface area contributed by atoms with Crippen LogP contribution in [0.4, 0.5) is 4.39 Å². The Morgan fingerprint density at radius 2 is 1.70 bits per heavy atom. The lowest BCUT2D eigenvalue weighted by atomic mass is 10.0. The molecule has 0 spiro atoms. The minimum Gasteiger partial charge on any atom is -0.384 e. The standard InChI is InChI=1S/C14H10ClFN2O2/c15-9-3-1-7(5-10(9)16)13(19)8-2-4-11-12(6-8)18-14(20)17-11/h1-6,13,19H,(H2,17,18,20). The van der Waals surface area contributed by atoms with Crippen LogP contribution in [-0.2, 0) is 0 Å². The van der Waals surface area contributed by atoms with Gasteiger partial charge in [0.1, 0.15) is 11.9 Å². The average molecular weight is 293 g/mol. The molecule has 20 heavy (non-hydrogen) atoms. The quantitative estimate of drug-likeness (QED) is 0.680. The second-order valence-electron chi connectivity index (χ2n) is 4.46. The summed E-state index contributed by atoms with van der Waals surface area (Å²) in [7, 11) is 0. The Bertz CT molecular complexity index is 841. The molecule has 3 aromatic rings. The van der Waals surface area contributed by atoms with Gasteiger partial charge in [0.15, 0.2) is 0 Å². The van der Waals surface area contributed by atoms with Gasteiger partial charge >= 0.3 is 5.69 Å². The van der Waals surface area contributed by atoms with Gasteiger partial charge in [-0.3, -0.25) is 0 Å². The SMILES string of the molecule is O=c1[nH]c2ccc(C(O)c3ccc(Cl)c(F)c3)cc2[nH]1. The lowest BCUT2D eigenvalue weighted by molar-refractivity contribution is 0.220. The number of aliphatic hydroxyl groups is 1. The molecule has 0 aliphatic carbocycles. The molecule has 0 saturated heterocycles. The molecule has 0 radical (unpaired) electrons. The van der Waals surface area contributed by atoms with E-state index in [2.05, 4.69) is 9.97 Å². The predicted octanol–water partition coefficient (Wildman–Crippen LogP) is 2.73. The summed E-state index contributed by atoms with van der Waals surface area (Å²) in [6.07, 6.45) is -0.996. The molecule has 0 amide bonds. The maximum absolute atomic E-state index is 13.4. The number of H-pyrrole nitrogens is 2. The number of aliphatic hydroxyl groups excluding tert-OH is 1. The maximum Gasteiger partial charge on any atom is 0.323 e. The highest BCUT2D eigenvalue weighted by molar-refractivity contribution is 6.30. The molecule has 1 unspecified atom stereocenters. The fraction of sp³-hybridized carbons (Fsp3) is 0.0714. The molecule has 0 fully saturated rings. The van der Waals surface area contributed by atoms with Gasteiger partial charge in [0, 0.05) is 0 Å². The molecular weight excluding hydrogens is 283 g/mol. The minimum absolute atomic E-state index is 0.00590. The van der Waals surface area contributed by atoms with Gasteiger partial charge in [0.25, 0.3) is 0 Å². The molecule has 2 aromatic carbocycles. The lowest BCUT2D eigenvalue weighted by Gasteiger charge is -2.12. The van der Waals surface area contributed by atoms with Gasteiger partial charge in [-0.25, -0.2) is 9.18 Å². The smallest absolute Gasteiger partial charge is 0.323 e. The summed E-state index contributed by atoms with van der Waals surface area (Å²) in [5.41, 5.74) is 1.86. The molecule has 1 atom stereocenters. The van der Waals surface area contributed by atoms with Gasteiger partial charge in [-0.2, -0.15) is 0 Å². The number of aromatic nitrogens is 2. The molecule has 1 heterocycles. The highest BCUT2D eigenvalue weighted by Gasteiger charge is 2.13. The molecule has 4 nitrogen and oxygen atoms in total. The maximum atomic E-state index is 13.4. The van der Waals surface area contributed by atoms with Gasteiger partial charge in [0.2, 0.25) is 0 Å². The summed E-state index contributed by atoms with van der Waals surface area (Å²) < 4.78 is 13.4. The molecule has 6 heteroatoms. The van der Waals surface area contributed by atoms with Crippen LogP contribution in [0.15, 0.2) is 41.2 Å². The molecule has 102 valence electrons. The number of hydrogen-bond donors (Lipinski definition) is 3. The molecule has 0 aliphatic heterocycles. The zero-order valence-corrected chi connectivity index (χ0v) is 10.9. The van der Waals surface area contributed by atoms with E-state index in [1.54, 1.807) is 24.3 Å². The molecule has 0 bridgehead atoms. The van der Waals surface area contributed by atoms with E-state index >= 15 is 0 Å². The van der Waals surface area contributed by atoms with E-state index in [1.807, 2.05) is 0 Å². The van der Waals surface area contributed by atoms with Crippen LogP contribution in [0.1, 0.15) is 17.2 Å². The van der Waals surface area contributed by atoms with Crippen molar-refractivity contribution in [2.24, 2.45) is 0 Å². The second kappa shape index (κ2) is 4.77. The monoisotopic (exact) mass is 292 g/mol. The van der Waals surface area contributed by atoms with E-state index in [0.717, 1.165) is 0 Å². The molecular formula is C14H10ClFN2O2. The van der Waals surface area contributed by atoms with Crippen molar-refractivity contribution in [3.8, 4) is 0 Å². The van der Waals surface area contributed by atoms with Crippen molar-refractivity contribution >= 4 is 22.6 Å². The van der Waals surface area contributed by atoms with Gasteiger partial charge in [-0.05, 0) is 35.4 Å². The van der Waals surface area contributed by atoms with Gasteiger partial charge in [0.05, 0.1) is 16.1 Å². The summed E-state index contributed by atoms with van der Waals surface area (Å²) in [5, 5.41) is 10.3. The zero-order valence-electron chi connectivity index (χ0n) is 10.2. The summed E-state index contributed by atoms with van der Waals surface area (Å²) in [5.74, 6) is -0.584. The number of halogens is 2. The van der Waals surface area contributed by atoms with Crippen LogP contribution in [0.2, 0.25) is 5.02 Å². The third kappa shape index (κ3) is 2.21. The first kappa shape index (κ1) is 12.9. The number of rotatable bonds is 2. The normalized spacial score (nSPS) is 12.8. The van der Waals surface area contributed by atoms with Crippen LogP contribution < -0.4 is 5.69 Å². The lowest BCUT2D eigenvalue weighted by Crippen LogP contribution is -2.00. The van der Waals surface area contributed by atoms with Crippen molar-refractivity contribution in [3.05, 3.63) is 68.8 Å². The Balaban J connectivity index is 2.04. The fourth-order valence-electron chi connectivity index (χ4n) is 2.10. The minimum atomic E-state index is -0.996. The Hall–Kier alpha value is -2.11. The Kier molecular flexibility index (Phi) is 3.08. The van der Waals surface area contributed by atoms with Crippen molar-refractivity contribution in [2.45, 2.75) is 6.10 Å². The molecule has 3 rings (SSSR count). The molecule has 3 N–H and O–H groups in total. The number of imidazole rings is 1. The summed E-state index contributed by atoms with van der Waals surface area (Å²) >= 11 is 5.61. The van der Waals surface area contributed by atoms with Crippen LogP contribution in [0.25, 0.3) is 11.0 Å². The van der Waals surface area contributed by atoms with E-state index in [4.69, 9.17) is 11.6 Å². The summed E-state index contributed by atoms with van der Waals surface area (Å²) in [4.78, 5) is 16.4. The first-order valence-electron chi connectivity index (χ1n) is 5.89. The number of fused-ring (bicyclic) bond motifs is 1. The largest absolute Gasteiger partial charge is 0.384 e. The topological polar surface area (TPSA) is 68.9 Å². The van der Waals surface area contributed by atoms with Gasteiger partial charge in [-0.15, -0.1) is 0 Å². The molecule has 1 aromatic heterocycles. The fourth-order valence-corrected chi connectivity index (χ4v) is 2.21. The predicted molar refractivity (Wildman–Crippen MR) is 74.4 cm³/mol. The van der Waals surface area contributed by atoms with Gasteiger partial charge in [-0.1, -0.05) is 23.7 Å². The summed E-state index contributed by atoms with van der Waals surface area (Å²) in [6.45, 7) is 0. The third-order valence-electron chi connectivity index (χ3n) is 3.12. The Morgan fingerprint density at radius 1 is 1.05 bits per heavy atom. The number of nitrogens with one attached hydrogen (secondary N) is 2. The van der Waals surface area contributed by atoms with Crippen molar-refractivity contribution < 1.29 is 9.50 Å². The zero-order chi connectivity index (χ0) is 14.3. The van der Waals surface area contributed by atoms with Crippen LogP contribution >= 0.6 is 11.6 Å². The Labute approximate surface area is 117 Å². The van der Waals surface area contributed by atoms with E-state index in [-0.39, 0.29) is 10.7 Å². The summed E-state index contributed by atoms with van der Waals surface area (Å²) in [6, 6.07) is 9.13.